The van der Waals surface area contributed by atoms with E-state index in [-0.39, 0.29) is 0 Å². The number of hydrogen-bond acceptors (Lipinski definition) is 0. The summed E-state index contributed by atoms with van der Waals surface area (Å²) in [5, 5.41) is 0. The Morgan fingerprint density at radius 2 is 2.00 bits per heavy atom. The first kappa shape index (κ1) is 9.93. The van der Waals surface area contributed by atoms with Gasteiger partial charge in [0.2, 0.25) is 0 Å². The van der Waals surface area contributed by atoms with E-state index in [9.17, 15) is 0 Å². The summed E-state index contributed by atoms with van der Waals surface area (Å²) < 4.78 is 0. The van der Waals surface area contributed by atoms with Crippen LogP contribution in [0.5, 0.6) is 0 Å². The summed E-state index contributed by atoms with van der Waals surface area (Å²) in [6.07, 6.45) is 8.41. The first-order chi connectivity index (χ1) is 6.98. The average Bonchev–Trinajstić information content (AvgIpc) is 2.57. The molecule has 84 valence electrons. The molecule has 0 aliphatic heterocycles. The highest BCUT2D eigenvalue weighted by Gasteiger charge is 2.62. The van der Waals surface area contributed by atoms with E-state index < -0.39 is 0 Å². The summed E-state index contributed by atoms with van der Waals surface area (Å²) >= 11 is 0. The number of hydrogen-bond donors (Lipinski definition) is 0. The maximum atomic E-state index is 2.57. The van der Waals surface area contributed by atoms with Crippen molar-refractivity contribution in [1.82, 2.24) is 0 Å². The van der Waals surface area contributed by atoms with Crippen molar-refractivity contribution in [2.45, 2.75) is 53.4 Å². The molecule has 0 heteroatoms. The predicted octanol–water partition coefficient (Wildman–Crippen LogP) is 4.42. The van der Waals surface area contributed by atoms with Gasteiger partial charge in [-0.25, -0.2) is 0 Å². The monoisotopic (exact) mass is 204 g/mol. The number of rotatable bonds is 0. The first-order valence-electron chi connectivity index (χ1n) is 6.65. The molecule has 0 N–H and O–H groups in total. The third-order valence-corrected chi connectivity index (χ3v) is 6.30. The lowest BCUT2D eigenvalue weighted by molar-refractivity contribution is 0.128. The molecular formula is C15H24. The van der Waals surface area contributed by atoms with Gasteiger partial charge in [-0.05, 0) is 61.2 Å². The molecule has 0 aromatic carbocycles. The molecule has 3 rings (SSSR count). The fraction of sp³-hybridized carbons (Fsp3) is 0.867. The van der Waals surface area contributed by atoms with Crippen molar-refractivity contribution in [1.29, 1.82) is 0 Å². The normalized spacial score (nSPS) is 51.5. The minimum absolute atomic E-state index is 0.571. The Labute approximate surface area is 94.1 Å². The molecule has 0 saturated heterocycles. The quantitative estimate of drug-likeness (QED) is 0.513. The van der Waals surface area contributed by atoms with Crippen LogP contribution in [0.4, 0.5) is 0 Å². The van der Waals surface area contributed by atoms with Crippen molar-refractivity contribution in [3.8, 4) is 0 Å². The van der Waals surface area contributed by atoms with Gasteiger partial charge in [0.1, 0.15) is 0 Å². The number of fused-ring (bicyclic) bond motifs is 1. The molecule has 1 spiro atoms. The second kappa shape index (κ2) is 2.70. The Morgan fingerprint density at radius 3 is 2.73 bits per heavy atom. The van der Waals surface area contributed by atoms with Gasteiger partial charge in [-0.3, -0.25) is 0 Å². The first-order valence-corrected chi connectivity index (χ1v) is 6.65. The summed E-state index contributed by atoms with van der Waals surface area (Å²) in [7, 11) is 0. The highest BCUT2D eigenvalue weighted by molar-refractivity contribution is 5.25. The minimum Gasteiger partial charge on any atom is -0.0847 e. The maximum absolute atomic E-state index is 2.57. The van der Waals surface area contributed by atoms with Crippen LogP contribution in [0.15, 0.2) is 11.6 Å². The molecule has 0 radical (unpaired) electrons. The highest BCUT2D eigenvalue weighted by atomic mass is 14.7. The van der Waals surface area contributed by atoms with Crippen molar-refractivity contribution < 1.29 is 0 Å². The van der Waals surface area contributed by atoms with E-state index in [1.807, 2.05) is 0 Å². The molecular weight excluding hydrogens is 180 g/mol. The third kappa shape index (κ3) is 0.990. The van der Waals surface area contributed by atoms with Gasteiger partial charge >= 0.3 is 0 Å². The van der Waals surface area contributed by atoms with Gasteiger partial charge in [-0.1, -0.05) is 32.4 Å². The topological polar surface area (TPSA) is 0 Å². The second-order valence-electron chi connectivity index (χ2n) is 6.99. The Kier molecular flexibility index (Phi) is 1.79. The van der Waals surface area contributed by atoms with E-state index in [2.05, 4.69) is 33.8 Å². The van der Waals surface area contributed by atoms with Crippen LogP contribution in [-0.4, -0.2) is 0 Å². The van der Waals surface area contributed by atoms with Crippen LogP contribution < -0.4 is 0 Å². The highest BCUT2D eigenvalue weighted by Crippen LogP contribution is 2.71. The average molecular weight is 204 g/mol. The van der Waals surface area contributed by atoms with Crippen LogP contribution in [0.25, 0.3) is 0 Å². The van der Waals surface area contributed by atoms with Gasteiger partial charge in [0.15, 0.2) is 0 Å². The van der Waals surface area contributed by atoms with E-state index in [0.717, 1.165) is 17.8 Å². The zero-order valence-corrected chi connectivity index (χ0v) is 10.6. The molecule has 0 aromatic heterocycles. The van der Waals surface area contributed by atoms with E-state index in [4.69, 9.17) is 0 Å². The Bertz CT molecular complexity index is 323. The zero-order valence-electron chi connectivity index (χ0n) is 10.6. The van der Waals surface area contributed by atoms with E-state index >= 15 is 0 Å². The van der Waals surface area contributed by atoms with Gasteiger partial charge in [-0.15, -0.1) is 0 Å². The lowest BCUT2D eigenvalue weighted by atomic mass is 9.68. The van der Waals surface area contributed by atoms with Crippen LogP contribution >= 0.6 is 0 Å². The molecule has 2 bridgehead atoms. The van der Waals surface area contributed by atoms with Gasteiger partial charge in [0.05, 0.1) is 0 Å². The predicted molar refractivity (Wildman–Crippen MR) is 64.6 cm³/mol. The lowest BCUT2D eigenvalue weighted by Crippen LogP contribution is -2.30. The van der Waals surface area contributed by atoms with Gasteiger partial charge in [0, 0.05) is 0 Å². The third-order valence-electron chi connectivity index (χ3n) is 6.30. The van der Waals surface area contributed by atoms with Crippen LogP contribution in [0.2, 0.25) is 0 Å². The largest absolute Gasteiger partial charge is 0.0847 e. The van der Waals surface area contributed by atoms with E-state index in [0.29, 0.717) is 10.8 Å². The minimum atomic E-state index is 0.571. The molecule has 2 saturated carbocycles. The zero-order chi connectivity index (χ0) is 10.8. The summed E-state index contributed by atoms with van der Waals surface area (Å²) in [6, 6.07) is 0. The number of allylic oxidation sites excluding steroid dienone is 2. The SMILES string of the molecule is CC1=CCC23C[C@H]1C(C)(C)[C@@H]2CC[C@H]3C. The summed E-state index contributed by atoms with van der Waals surface area (Å²) in [5.74, 6) is 2.86. The van der Waals surface area contributed by atoms with E-state index in [1.54, 1.807) is 5.57 Å². The molecule has 3 aliphatic carbocycles. The summed E-state index contributed by atoms with van der Waals surface area (Å²) in [6.45, 7) is 9.94. The van der Waals surface area contributed by atoms with E-state index in [1.165, 1.54) is 25.7 Å². The fourth-order valence-corrected chi connectivity index (χ4v) is 5.35. The van der Waals surface area contributed by atoms with Crippen LogP contribution in [-0.2, 0) is 0 Å². The molecule has 0 aromatic rings. The van der Waals surface area contributed by atoms with Crippen molar-refractivity contribution in [3.63, 3.8) is 0 Å². The molecule has 3 aliphatic rings. The molecule has 2 fully saturated rings. The Hall–Kier alpha value is -0.260. The standard InChI is InChI=1S/C15H24/c1-10-7-8-15-9-12(10)14(3,4)13(15)6-5-11(15)2/h7,11-13H,5-6,8-9H2,1-4H3/t11-,12-,13+,15?/m1/s1. The van der Waals surface area contributed by atoms with Crippen LogP contribution in [0.3, 0.4) is 0 Å². The molecule has 1 unspecified atom stereocenters. The fourth-order valence-electron chi connectivity index (χ4n) is 5.35. The van der Waals surface area contributed by atoms with Gasteiger partial charge < -0.3 is 0 Å². The summed E-state index contributed by atoms with van der Waals surface area (Å²) in [4.78, 5) is 0. The van der Waals surface area contributed by atoms with Gasteiger partial charge in [-0.2, -0.15) is 0 Å². The van der Waals surface area contributed by atoms with Crippen LogP contribution in [0.1, 0.15) is 53.4 Å². The maximum Gasteiger partial charge on any atom is -0.0146 e. The Balaban J connectivity index is 2.11. The van der Waals surface area contributed by atoms with Crippen molar-refractivity contribution in [2.24, 2.45) is 28.6 Å². The summed E-state index contributed by atoms with van der Waals surface area (Å²) in [5.41, 5.74) is 2.96. The van der Waals surface area contributed by atoms with Crippen molar-refractivity contribution >= 4 is 0 Å². The molecule has 0 amide bonds. The van der Waals surface area contributed by atoms with Gasteiger partial charge in [0.25, 0.3) is 0 Å². The van der Waals surface area contributed by atoms with Crippen molar-refractivity contribution in [2.75, 3.05) is 0 Å². The molecule has 15 heavy (non-hydrogen) atoms. The molecule has 0 nitrogen and oxygen atoms in total. The molecule has 0 heterocycles. The second-order valence-corrected chi connectivity index (χ2v) is 6.99. The smallest absolute Gasteiger partial charge is 0.0146 e. The lowest BCUT2D eigenvalue weighted by Gasteiger charge is -2.36. The van der Waals surface area contributed by atoms with Crippen LogP contribution in [0, 0.1) is 28.6 Å². The molecule has 4 atom stereocenters. The Morgan fingerprint density at radius 1 is 1.27 bits per heavy atom. The van der Waals surface area contributed by atoms with Crippen molar-refractivity contribution in [3.05, 3.63) is 11.6 Å².